The van der Waals surface area contributed by atoms with Crippen LogP contribution in [0.15, 0.2) is 40.2 Å². The Kier molecular flexibility index (Phi) is 4.77. The van der Waals surface area contributed by atoms with Crippen LogP contribution in [0.2, 0.25) is 0 Å². The van der Waals surface area contributed by atoms with Crippen molar-refractivity contribution in [2.75, 3.05) is 6.54 Å². The number of thiophene rings is 1. The van der Waals surface area contributed by atoms with Crippen molar-refractivity contribution in [1.29, 1.82) is 0 Å². The van der Waals surface area contributed by atoms with Crippen molar-refractivity contribution in [1.82, 2.24) is 4.90 Å². The van der Waals surface area contributed by atoms with Gasteiger partial charge in [0, 0.05) is 17.6 Å². The van der Waals surface area contributed by atoms with Crippen LogP contribution in [0.1, 0.15) is 27.7 Å². The van der Waals surface area contributed by atoms with Crippen LogP contribution in [0.25, 0.3) is 0 Å². The topological polar surface area (TPSA) is 20.3 Å². The van der Waals surface area contributed by atoms with Crippen LogP contribution in [0, 0.1) is 6.92 Å². The molecule has 2 nitrogen and oxygen atoms in total. The highest BCUT2D eigenvalue weighted by Crippen LogP contribution is 2.24. The minimum atomic E-state index is 0.0888. The van der Waals surface area contributed by atoms with Gasteiger partial charge in [0.15, 0.2) is 0 Å². The molecule has 0 atom stereocenters. The second-order valence-electron chi connectivity index (χ2n) is 4.41. The Morgan fingerprint density at radius 1 is 1.37 bits per heavy atom. The Hall–Kier alpha value is -1.13. The van der Waals surface area contributed by atoms with E-state index in [1.165, 1.54) is 22.5 Å². The van der Waals surface area contributed by atoms with E-state index < -0.39 is 0 Å². The van der Waals surface area contributed by atoms with E-state index in [0.29, 0.717) is 13.1 Å². The quantitative estimate of drug-likeness (QED) is 0.805. The first kappa shape index (κ1) is 14.3. The molecule has 2 aromatic rings. The van der Waals surface area contributed by atoms with Gasteiger partial charge in [-0.05, 0) is 46.8 Å². The number of halogens is 1. The van der Waals surface area contributed by atoms with E-state index in [4.69, 9.17) is 0 Å². The maximum atomic E-state index is 12.5. The van der Waals surface area contributed by atoms with Gasteiger partial charge in [0.05, 0.1) is 0 Å². The molecule has 0 N–H and O–H groups in total. The van der Waals surface area contributed by atoms with Crippen LogP contribution in [0.4, 0.5) is 0 Å². The third kappa shape index (κ3) is 3.45. The van der Waals surface area contributed by atoms with Gasteiger partial charge in [0.25, 0.3) is 5.91 Å². The molecule has 4 heteroatoms. The van der Waals surface area contributed by atoms with E-state index in [1.54, 1.807) is 0 Å². The standard InChI is InChI=1S/C15H16BrNOS/c1-3-17(10-12-6-4-5-11(2)9-12)15(18)14-13(16)7-8-19-14/h4-9H,3,10H2,1-2H3. The molecule has 1 amide bonds. The van der Waals surface area contributed by atoms with Gasteiger partial charge in [-0.1, -0.05) is 29.8 Å². The fraction of sp³-hybridized carbons (Fsp3) is 0.267. The van der Waals surface area contributed by atoms with Crippen LogP contribution < -0.4 is 0 Å². The summed E-state index contributed by atoms with van der Waals surface area (Å²) in [5.74, 6) is 0.0888. The summed E-state index contributed by atoms with van der Waals surface area (Å²) in [5, 5.41) is 1.93. The van der Waals surface area contributed by atoms with Gasteiger partial charge in [-0.25, -0.2) is 0 Å². The van der Waals surface area contributed by atoms with E-state index in [9.17, 15) is 4.79 Å². The van der Waals surface area contributed by atoms with Crippen LogP contribution in [-0.4, -0.2) is 17.4 Å². The SMILES string of the molecule is CCN(Cc1cccc(C)c1)C(=O)c1sccc1Br. The van der Waals surface area contributed by atoms with E-state index in [1.807, 2.05) is 29.3 Å². The van der Waals surface area contributed by atoms with Gasteiger partial charge in [-0.15, -0.1) is 11.3 Å². The number of hydrogen-bond acceptors (Lipinski definition) is 2. The first-order valence-electron chi connectivity index (χ1n) is 6.19. The average Bonchev–Trinajstić information content (AvgIpc) is 2.81. The van der Waals surface area contributed by atoms with Crippen molar-refractivity contribution in [2.45, 2.75) is 20.4 Å². The number of aryl methyl sites for hydroxylation is 1. The molecule has 0 bridgehead atoms. The molecule has 2 rings (SSSR count). The Morgan fingerprint density at radius 3 is 2.74 bits per heavy atom. The van der Waals surface area contributed by atoms with Gasteiger partial charge >= 0.3 is 0 Å². The lowest BCUT2D eigenvalue weighted by Gasteiger charge is -2.20. The molecule has 0 radical (unpaired) electrons. The fourth-order valence-electron chi connectivity index (χ4n) is 1.95. The van der Waals surface area contributed by atoms with Crippen molar-refractivity contribution in [2.24, 2.45) is 0 Å². The second kappa shape index (κ2) is 6.35. The first-order valence-corrected chi connectivity index (χ1v) is 7.87. The van der Waals surface area contributed by atoms with Crippen molar-refractivity contribution in [3.63, 3.8) is 0 Å². The van der Waals surface area contributed by atoms with Crippen molar-refractivity contribution < 1.29 is 4.79 Å². The number of carbonyl (C=O) groups is 1. The number of benzene rings is 1. The highest BCUT2D eigenvalue weighted by atomic mass is 79.9. The lowest BCUT2D eigenvalue weighted by Crippen LogP contribution is -2.29. The largest absolute Gasteiger partial charge is 0.334 e. The highest BCUT2D eigenvalue weighted by Gasteiger charge is 2.18. The lowest BCUT2D eigenvalue weighted by molar-refractivity contribution is 0.0756. The molecule has 0 unspecified atom stereocenters. The molecule has 0 aliphatic rings. The summed E-state index contributed by atoms with van der Waals surface area (Å²) in [6, 6.07) is 10.2. The molecule has 19 heavy (non-hydrogen) atoms. The highest BCUT2D eigenvalue weighted by molar-refractivity contribution is 9.10. The fourth-order valence-corrected chi connectivity index (χ4v) is 3.46. The molecule has 0 aliphatic heterocycles. The predicted octanol–water partition coefficient (Wildman–Crippen LogP) is 4.48. The van der Waals surface area contributed by atoms with Crippen LogP contribution in [-0.2, 0) is 6.54 Å². The number of hydrogen-bond donors (Lipinski definition) is 0. The summed E-state index contributed by atoms with van der Waals surface area (Å²) in [6.45, 7) is 5.44. The molecule has 0 fully saturated rings. The summed E-state index contributed by atoms with van der Waals surface area (Å²) < 4.78 is 0.880. The summed E-state index contributed by atoms with van der Waals surface area (Å²) in [5.41, 5.74) is 2.39. The minimum Gasteiger partial charge on any atom is -0.334 e. The number of rotatable bonds is 4. The normalized spacial score (nSPS) is 10.5. The van der Waals surface area contributed by atoms with Crippen LogP contribution >= 0.6 is 27.3 Å². The van der Waals surface area contributed by atoms with E-state index >= 15 is 0 Å². The van der Waals surface area contributed by atoms with Crippen molar-refractivity contribution in [3.8, 4) is 0 Å². The zero-order chi connectivity index (χ0) is 13.8. The third-order valence-corrected chi connectivity index (χ3v) is 4.76. The number of carbonyl (C=O) groups excluding carboxylic acids is 1. The van der Waals surface area contributed by atoms with E-state index in [-0.39, 0.29) is 5.91 Å². The number of nitrogens with zero attached hydrogens (tertiary/aromatic N) is 1. The molecular formula is C15H16BrNOS. The summed E-state index contributed by atoms with van der Waals surface area (Å²) >= 11 is 4.90. The smallest absolute Gasteiger partial charge is 0.265 e. The van der Waals surface area contributed by atoms with Gasteiger partial charge in [0.2, 0.25) is 0 Å². The molecule has 1 aromatic heterocycles. The number of amides is 1. The summed E-state index contributed by atoms with van der Waals surface area (Å²) in [6.07, 6.45) is 0. The molecule has 0 aliphatic carbocycles. The van der Waals surface area contributed by atoms with Crippen molar-refractivity contribution >= 4 is 33.2 Å². The van der Waals surface area contributed by atoms with E-state index in [0.717, 1.165) is 9.35 Å². The zero-order valence-corrected chi connectivity index (χ0v) is 13.4. The molecule has 0 saturated carbocycles. The lowest BCUT2D eigenvalue weighted by atomic mass is 10.1. The summed E-state index contributed by atoms with van der Waals surface area (Å²) in [4.78, 5) is 15.1. The first-order chi connectivity index (χ1) is 9.11. The van der Waals surface area contributed by atoms with E-state index in [2.05, 4.69) is 41.1 Å². The van der Waals surface area contributed by atoms with Crippen LogP contribution in [0.3, 0.4) is 0 Å². The monoisotopic (exact) mass is 337 g/mol. The minimum absolute atomic E-state index is 0.0888. The summed E-state index contributed by atoms with van der Waals surface area (Å²) in [7, 11) is 0. The molecule has 1 aromatic carbocycles. The zero-order valence-electron chi connectivity index (χ0n) is 11.0. The second-order valence-corrected chi connectivity index (χ2v) is 6.18. The van der Waals surface area contributed by atoms with Crippen molar-refractivity contribution in [3.05, 3.63) is 56.2 Å². The molecule has 0 spiro atoms. The van der Waals surface area contributed by atoms with Gasteiger partial charge < -0.3 is 4.90 Å². The van der Waals surface area contributed by atoms with Gasteiger partial charge in [0.1, 0.15) is 4.88 Å². The Morgan fingerprint density at radius 2 is 2.16 bits per heavy atom. The maximum Gasteiger partial charge on any atom is 0.265 e. The third-order valence-electron chi connectivity index (χ3n) is 2.94. The Balaban J connectivity index is 2.17. The van der Waals surface area contributed by atoms with Crippen LogP contribution in [0.5, 0.6) is 0 Å². The molecular weight excluding hydrogens is 322 g/mol. The molecule has 1 heterocycles. The van der Waals surface area contributed by atoms with Gasteiger partial charge in [-0.2, -0.15) is 0 Å². The average molecular weight is 338 g/mol. The predicted molar refractivity (Wildman–Crippen MR) is 83.6 cm³/mol. The Bertz CT molecular complexity index is 579. The maximum absolute atomic E-state index is 12.5. The van der Waals surface area contributed by atoms with Gasteiger partial charge in [-0.3, -0.25) is 4.79 Å². The molecule has 0 saturated heterocycles. The molecule has 100 valence electrons. The Labute approximate surface area is 126 Å².